The molecule has 4 nitrogen and oxygen atoms in total. The molecule has 0 amide bonds. The first-order valence-electron chi connectivity index (χ1n) is 24.0. The lowest BCUT2D eigenvalue weighted by Crippen LogP contribution is -2.27. The van der Waals surface area contributed by atoms with Crippen LogP contribution in [0.25, 0.3) is 0 Å². The molecule has 0 radical (unpaired) electrons. The highest BCUT2D eigenvalue weighted by Gasteiger charge is 2.37. The Kier molecular flexibility index (Phi) is 15.8. The minimum Gasteiger partial charge on any atom is -0.465 e. The molecule has 3 aromatic rings. The van der Waals surface area contributed by atoms with Gasteiger partial charge < -0.3 is 9.47 Å². The lowest BCUT2D eigenvalue weighted by Gasteiger charge is -2.38. The molecule has 58 heavy (non-hydrogen) atoms. The molecule has 4 heteroatoms. The minimum absolute atomic E-state index is 0.406. The van der Waals surface area contributed by atoms with Crippen molar-refractivity contribution in [3.05, 3.63) is 100 Å². The number of benzene rings is 3. The van der Waals surface area contributed by atoms with Gasteiger partial charge in [0, 0.05) is 0 Å². The third-order valence-electron chi connectivity index (χ3n) is 14.3. The van der Waals surface area contributed by atoms with Gasteiger partial charge in [-0.25, -0.2) is 9.59 Å². The van der Waals surface area contributed by atoms with Gasteiger partial charge in [0.2, 0.25) is 0 Å². The molecule has 316 valence electrons. The molecule has 0 fully saturated rings. The zero-order chi connectivity index (χ0) is 41.3. The Hall–Kier alpha value is -3.40. The lowest BCUT2D eigenvalue weighted by atomic mass is 9.66. The van der Waals surface area contributed by atoms with Crippen LogP contribution >= 0.6 is 0 Å². The standard InChI is InChI=1S/C54H76O4/c1-9-15-23-37-35-29-21-22-30-36(35)38(24-16-10-2)44-32-46-40(26-18-12-4)48-34-50-42(28-20-14-6)52(54(56)58-8)51(53(55)57-7)41(27-19-13-5)49(50)33-47(48)39(25-17-11-3)45(46)31-43(37)44/h9-34H2,1-8H3. The lowest BCUT2D eigenvalue weighted by molar-refractivity contribution is 0.0552. The zero-order valence-electron chi connectivity index (χ0n) is 38.0. The molecular weight excluding hydrogens is 713 g/mol. The van der Waals surface area contributed by atoms with E-state index < -0.39 is 11.9 Å². The van der Waals surface area contributed by atoms with Gasteiger partial charge in [0.05, 0.1) is 25.3 Å². The predicted octanol–water partition coefficient (Wildman–Crippen LogP) is 13.2. The third-order valence-corrected chi connectivity index (χ3v) is 14.3. The Morgan fingerprint density at radius 3 is 0.828 bits per heavy atom. The normalized spacial score (nSPS) is 14.0. The van der Waals surface area contributed by atoms with E-state index >= 15 is 0 Å². The van der Waals surface area contributed by atoms with Crippen molar-refractivity contribution in [1.29, 1.82) is 0 Å². The Bertz CT molecular complexity index is 1820. The highest BCUT2D eigenvalue weighted by atomic mass is 16.5. The van der Waals surface area contributed by atoms with Crippen LogP contribution in [0.1, 0.15) is 241 Å². The summed E-state index contributed by atoms with van der Waals surface area (Å²) in [5.74, 6) is -0.812. The maximum Gasteiger partial charge on any atom is 0.339 e. The number of rotatable bonds is 20. The summed E-state index contributed by atoms with van der Waals surface area (Å²) >= 11 is 0. The number of fused-ring (bicyclic) bond motifs is 5. The van der Waals surface area contributed by atoms with Crippen LogP contribution in [-0.2, 0) is 86.5 Å². The monoisotopic (exact) mass is 789 g/mol. The first-order chi connectivity index (χ1) is 28.3. The summed E-state index contributed by atoms with van der Waals surface area (Å²) in [6.07, 6.45) is 28.8. The fourth-order valence-corrected chi connectivity index (χ4v) is 11.3. The average molecular weight is 789 g/mol. The number of hydrogen-bond acceptors (Lipinski definition) is 4. The summed E-state index contributed by atoms with van der Waals surface area (Å²) in [6, 6.07) is 0. The van der Waals surface area contributed by atoms with E-state index in [0.717, 1.165) is 88.2 Å². The fourth-order valence-electron chi connectivity index (χ4n) is 11.3. The number of carbonyl (C=O) groups excluding carboxylic acids is 2. The number of ether oxygens (including phenoxy) is 2. The molecule has 3 aromatic carbocycles. The third kappa shape index (κ3) is 8.60. The van der Waals surface area contributed by atoms with E-state index in [1.165, 1.54) is 115 Å². The number of esters is 2. The molecule has 0 bridgehead atoms. The molecule has 0 N–H and O–H groups in total. The van der Waals surface area contributed by atoms with E-state index in [-0.39, 0.29) is 0 Å². The van der Waals surface area contributed by atoms with Crippen molar-refractivity contribution in [3.63, 3.8) is 0 Å². The average Bonchev–Trinajstić information content (AvgIpc) is 3.25. The number of carbonyl (C=O) groups is 2. The van der Waals surface area contributed by atoms with E-state index in [0.29, 0.717) is 11.1 Å². The second-order valence-corrected chi connectivity index (χ2v) is 17.9. The van der Waals surface area contributed by atoms with E-state index in [1.807, 2.05) is 0 Å². The van der Waals surface area contributed by atoms with Crippen molar-refractivity contribution in [3.8, 4) is 0 Å². The van der Waals surface area contributed by atoms with Crippen molar-refractivity contribution >= 4 is 11.9 Å². The van der Waals surface area contributed by atoms with Gasteiger partial charge in [0.15, 0.2) is 0 Å². The summed E-state index contributed by atoms with van der Waals surface area (Å²) < 4.78 is 11.1. The molecule has 0 heterocycles. The van der Waals surface area contributed by atoms with Crippen LogP contribution in [0.15, 0.2) is 0 Å². The van der Waals surface area contributed by atoms with Crippen LogP contribution < -0.4 is 0 Å². The molecule has 0 unspecified atom stereocenters. The molecule has 0 saturated carbocycles. The van der Waals surface area contributed by atoms with Crippen molar-refractivity contribution in [2.24, 2.45) is 0 Å². The summed E-state index contributed by atoms with van der Waals surface area (Å²) in [5.41, 5.74) is 25.6. The van der Waals surface area contributed by atoms with E-state index in [2.05, 4.69) is 41.5 Å². The number of methoxy groups -OCH3 is 2. The minimum atomic E-state index is -0.406. The van der Waals surface area contributed by atoms with Crippen molar-refractivity contribution in [2.45, 2.75) is 208 Å². The highest BCUT2D eigenvalue weighted by Crippen LogP contribution is 2.48. The molecule has 3 aliphatic carbocycles. The topological polar surface area (TPSA) is 52.6 Å². The molecule has 0 atom stereocenters. The van der Waals surface area contributed by atoms with Crippen molar-refractivity contribution in [2.75, 3.05) is 14.2 Å². The second kappa shape index (κ2) is 20.7. The van der Waals surface area contributed by atoms with Crippen molar-refractivity contribution in [1.82, 2.24) is 0 Å². The Morgan fingerprint density at radius 1 is 0.362 bits per heavy atom. The molecule has 0 saturated heterocycles. The van der Waals surface area contributed by atoms with E-state index in [1.54, 1.807) is 66.8 Å². The second-order valence-electron chi connectivity index (χ2n) is 17.9. The van der Waals surface area contributed by atoms with Crippen LogP contribution in [0, 0.1) is 0 Å². The highest BCUT2D eigenvalue weighted by molar-refractivity contribution is 6.06. The summed E-state index contributed by atoms with van der Waals surface area (Å²) in [4.78, 5) is 27.9. The largest absolute Gasteiger partial charge is 0.465 e. The Balaban J connectivity index is 1.68. The number of unbranched alkanes of at least 4 members (excludes halogenated alkanes) is 6. The van der Waals surface area contributed by atoms with Gasteiger partial charge in [-0.05, 0) is 217 Å². The van der Waals surface area contributed by atoms with Gasteiger partial charge in [0.1, 0.15) is 0 Å². The Morgan fingerprint density at radius 2 is 0.586 bits per heavy atom. The SMILES string of the molecule is CCCCc1c2c(c(CCCC)c3c1Cc1c(CCCC)c4c(c(CCCC)c1C3)Cc1c(c(CCCC)c(C(=O)OC)c(C(=O)OC)c1CCCC)C4)CCCC2. The van der Waals surface area contributed by atoms with Gasteiger partial charge in [-0.3, -0.25) is 0 Å². The van der Waals surface area contributed by atoms with Crippen molar-refractivity contribution < 1.29 is 19.1 Å². The maximum absolute atomic E-state index is 14.0. The summed E-state index contributed by atoms with van der Waals surface area (Å²) in [7, 11) is 2.92. The van der Waals surface area contributed by atoms with Crippen LogP contribution in [-0.4, -0.2) is 26.2 Å². The summed E-state index contributed by atoms with van der Waals surface area (Å²) in [6.45, 7) is 13.8. The predicted molar refractivity (Wildman–Crippen MR) is 242 cm³/mol. The fraction of sp³-hybridized carbons (Fsp3) is 0.630. The van der Waals surface area contributed by atoms with Crippen LogP contribution in [0.2, 0.25) is 0 Å². The zero-order valence-corrected chi connectivity index (χ0v) is 38.0. The van der Waals surface area contributed by atoms with Gasteiger partial charge >= 0.3 is 11.9 Å². The van der Waals surface area contributed by atoms with Gasteiger partial charge in [-0.1, -0.05) is 80.1 Å². The van der Waals surface area contributed by atoms with Gasteiger partial charge in [0.25, 0.3) is 0 Å². The van der Waals surface area contributed by atoms with Gasteiger partial charge in [-0.15, -0.1) is 0 Å². The van der Waals surface area contributed by atoms with Gasteiger partial charge in [-0.2, -0.15) is 0 Å². The number of hydrogen-bond donors (Lipinski definition) is 0. The van der Waals surface area contributed by atoms with E-state index in [9.17, 15) is 9.59 Å². The van der Waals surface area contributed by atoms with Crippen LogP contribution in [0.4, 0.5) is 0 Å². The first kappa shape index (κ1) is 44.2. The summed E-state index contributed by atoms with van der Waals surface area (Å²) in [5, 5.41) is 0. The molecule has 0 aliphatic heterocycles. The molecule has 0 aromatic heterocycles. The van der Waals surface area contributed by atoms with Crippen LogP contribution in [0.5, 0.6) is 0 Å². The molecule has 3 aliphatic rings. The smallest absolute Gasteiger partial charge is 0.339 e. The molecular formula is C54H76O4. The molecule has 6 rings (SSSR count). The van der Waals surface area contributed by atoms with Crippen LogP contribution in [0.3, 0.4) is 0 Å². The maximum atomic E-state index is 14.0. The Labute approximate surface area is 352 Å². The molecule has 0 spiro atoms. The quantitative estimate of drug-likeness (QED) is 0.0737. The first-order valence-corrected chi connectivity index (χ1v) is 24.0. The van der Waals surface area contributed by atoms with E-state index in [4.69, 9.17) is 9.47 Å².